The molecule has 1 amide bonds. The molecule has 1 atom stereocenters. The number of carboxylic acid groups (broad SMARTS) is 1. The SMILES string of the molecule is C[C@H](Oc1ccc(C(=O)NCC(=O)O)cc1)c1ccccc1. The lowest BCUT2D eigenvalue weighted by molar-refractivity contribution is -0.135. The van der Waals surface area contributed by atoms with Crippen LogP contribution in [-0.4, -0.2) is 23.5 Å². The van der Waals surface area contributed by atoms with Crippen LogP contribution in [0.5, 0.6) is 5.75 Å². The van der Waals surface area contributed by atoms with E-state index in [0.717, 1.165) is 5.56 Å². The minimum atomic E-state index is -1.08. The summed E-state index contributed by atoms with van der Waals surface area (Å²) in [6.45, 7) is 1.55. The van der Waals surface area contributed by atoms with E-state index in [2.05, 4.69) is 5.32 Å². The molecule has 0 radical (unpaired) electrons. The second-order valence-electron chi connectivity index (χ2n) is 4.77. The molecule has 0 spiro atoms. The van der Waals surface area contributed by atoms with Crippen LogP contribution in [0, 0.1) is 0 Å². The summed E-state index contributed by atoms with van der Waals surface area (Å²) in [6, 6.07) is 16.4. The van der Waals surface area contributed by atoms with Crippen molar-refractivity contribution in [3.8, 4) is 5.75 Å². The molecule has 2 aromatic rings. The van der Waals surface area contributed by atoms with Crippen LogP contribution in [0.2, 0.25) is 0 Å². The van der Waals surface area contributed by atoms with Gasteiger partial charge in [0.15, 0.2) is 0 Å². The van der Waals surface area contributed by atoms with E-state index in [1.165, 1.54) is 0 Å². The van der Waals surface area contributed by atoms with E-state index in [0.29, 0.717) is 11.3 Å². The van der Waals surface area contributed by atoms with Crippen LogP contribution < -0.4 is 10.1 Å². The van der Waals surface area contributed by atoms with Crippen LogP contribution >= 0.6 is 0 Å². The summed E-state index contributed by atoms with van der Waals surface area (Å²) < 4.78 is 5.81. The van der Waals surface area contributed by atoms with Gasteiger partial charge in [-0.15, -0.1) is 0 Å². The number of nitrogens with one attached hydrogen (secondary N) is 1. The highest BCUT2D eigenvalue weighted by Gasteiger charge is 2.09. The first-order valence-corrected chi connectivity index (χ1v) is 6.88. The van der Waals surface area contributed by atoms with Crippen molar-refractivity contribution in [3.05, 3.63) is 65.7 Å². The summed E-state index contributed by atoms with van der Waals surface area (Å²) in [7, 11) is 0. The molecular formula is C17H17NO4. The lowest BCUT2D eigenvalue weighted by Crippen LogP contribution is -2.29. The Labute approximate surface area is 128 Å². The number of amides is 1. The van der Waals surface area contributed by atoms with Crippen molar-refractivity contribution in [2.75, 3.05) is 6.54 Å². The molecule has 0 aromatic heterocycles. The maximum Gasteiger partial charge on any atom is 0.322 e. The quantitative estimate of drug-likeness (QED) is 0.859. The lowest BCUT2D eigenvalue weighted by atomic mass is 10.1. The minimum Gasteiger partial charge on any atom is -0.486 e. The topological polar surface area (TPSA) is 75.6 Å². The molecule has 0 unspecified atom stereocenters. The predicted octanol–water partition coefficient (Wildman–Crippen LogP) is 2.64. The third-order valence-corrected chi connectivity index (χ3v) is 3.10. The van der Waals surface area contributed by atoms with Crippen LogP contribution in [0.4, 0.5) is 0 Å². The van der Waals surface area contributed by atoms with Gasteiger partial charge in [0.25, 0.3) is 5.91 Å². The smallest absolute Gasteiger partial charge is 0.322 e. The Morgan fingerprint density at radius 2 is 1.73 bits per heavy atom. The van der Waals surface area contributed by atoms with Gasteiger partial charge < -0.3 is 15.2 Å². The highest BCUT2D eigenvalue weighted by Crippen LogP contribution is 2.21. The Hall–Kier alpha value is -2.82. The van der Waals surface area contributed by atoms with E-state index in [1.54, 1.807) is 24.3 Å². The van der Waals surface area contributed by atoms with Crippen LogP contribution in [0.1, 0.15) is 28.9 Å². The monoisotopic (exact) mass is 299 g/mol. The lowest BCUT2D eigenvalue weighted by Gasteiger charge is -2.15. The van der Waals surface area contributed by atoms with E-state index in [4.69, 9.17) is 9.84 Å². The normalized spacial score (nSPS) is 11.5. The molecule has 2 N–H and O–H groups in total. The Bertz CT molecular complexity index is 637. The average Bonchev–Trinajstić information content (AvgIpc) is 2.54. The Kier molecular flexibility index (Phi) is 5.14. The largest absolute Gasteiger partial charge is 0.486 e. The Balaban J connectivity index is 1.97. The zero-order valence-corrected chi connectivity index (χ0v) is 12.2. The molecule has 0 aliphatic rings. The van der Waals surface area contributed by atoms with Gasteiger partial charge in [-0.25, -0.2) is 0 Å². The molecule has 0 aliphatic heterocycles. The Morgan fingerprint density at radius 3 is 2.32 bits per heavy atom. The van der Waals surface area contributed by atoms with Gasteiger partial charge in [0.1, 0.15) is 18.4 Å². The standard InChI is InChI=1S/C17H17NO4/c1-12(13-5-3-2-4-6-13)22-15-9-7-14(8-10-15)17(21)18-11-16(19)20/h2-10,12H,11H2,1H3,(H,18,21)(H,19,20)/t12-/m0/s1. The van der Waals surface area contributed by atoms with Crippen molar-refractivity contribution in [1.82, 2.24) is 5.32 Å². The third kappa shape index (κ3) is 4.34. The first kappa shape index (κ1) is 15.6. The average molecular weight is 299 g/mol. The molecule has 2 rings (SSSR count). The number of carboxylic acids is 1. The van der Waals surface area contributed by atoms with Gasteiger partial charge in [-0.3, -0.25) is 9.59 Å². The zero-order chi connectivity index (χ0) is 15.9. The maximum absolute atomic E-state index is 11.7. The molecule has 0 saturated carbocycles. The molecular weight excluding hydrogens is 282 g/mol. The van der Waals surface area contributed by atoms with E-state index in [1.807, 2.05) is 37.3 Å². The zero-order valence-electron chi connectivity index (χ0n) is 12.2. The molecule has 0 saturated heterocycles. The number of carbonyl (C=O) groups excluding carboxylic acids is 1. The van der Waals surface area contributed by atoms with E-state index in [9.17, 15) is 9.59 Å². The fraction of sp³-hybridized carbons (Fsp3) is 0.176. The molecule has 0 aliphatic carbocycles. The molecule has 114 valence electrons. The number of hydrogen-bond acceptors (Lipinski definition) is 3. The summed E-state index contributed by atoms with van der Waals surface area (Å²) in [5.41, 5.74) is 1.45. The van der Waals surface area contributed by atoms with Crippen LogP contribution in [-0.2, 0) is 4.79 Å². The number of carbonyl (C=O) groups is 2. The minimum absolute atomic E-state index is 0.104. The maximum atomic E-state index is 11.7. The highest BCUT2D eigenvalue weighted by atomic mass is 16.5. The third-order valence-electron chi connectivity index (χ3n) is 3.10. The second-order valence-corrected chi connectivity index (χ2v) is 4.77. The predicted molar refractivity (Wildman–Crippen MR) is 81.9 cm³/mol. The van der Waals surface area contributed by atoms with Crippen LogP contribution in [0.15, 0.2) is 54.6 Å². The van der Waals surface area contributed by atoms with Gasteiger partial charge in [0, 0.05) is 5.56 Å². The van der Waals surface area contributed by atoms with E-state index in [-0.39, 0.29) is 6.10 Å². The van der Waals surface area contributed by atoms with Gasteiger partial charge in [-0.05, 0) is 36.8 Å². The molecule has 0 fully saturated rings. The molecule has 22 heavy (non-hydrogen) atoms. The molecule has 0 heterocycles. The second kappa shape index (κ2) is 7.26. The van der Waals surface area contributed by atoms with Gasteiger partial charge in [-0.2, -0.15) is 0 Å². The van der Waals surface area contributed by atoms with Crippen LogP contribution in [0.3, 0.4) is 0 Å². The van der Waals surface area contributed by atoms with Gasteiger partial charge in [0.2, 0.25) is 0 Å². The number of rotatable bonds is 6. The van der Waals surface area contributed by atoms with Gasteiger partial charge >= 0.3 is 5.97 Å². The van der Waals surface area contributed by atoms with Crippen molar-refractivity contribution in [2.24, 2.45) is 0 Å². The summed E-state index contributed by atoms with van der Waals surface area (Å²) in [4.78, 5) is 22.1. The van der Waals surface area contributed by atoms with Crippen molar-refractivity contribution < 1.29 is 19.4 Å². The fourth-order valence-corrected chi connectivity index (χ4v) is 1.94. The van der Waals surface area contributed by atoms with Crippen molar-refractivity contribution in [3.63, 3.8) is 0 Å². The van der Waals surface area contributed by atoms with Crippen molar-refractivity contribution >= 4 is 11.9 Å². The van der Waals surface area contributed by atoms with E-state index >= 15 is 0 Å². The summed E-state index contributed by atoms with van der Waals surface area (Å²) in [5, 5.41) is 10.8. The molecule has 5 nitrogen and oxygen atoms in total. The molecule has 2 aromatic carbocycles. The van der Waals surface area contributed by atoms with Gasteiger partial charge in [-0.1, -0.05) is 30.3 Å². The molecule has 0 bridgehead atoms. The van der Waals surface area contributed by atoms with Crippen molar-refractivity contribution in [1.29, 1.82) is 0 Å². The summed E-state index contributed by atoms with van der Waals surface area (Å²) >= 11 is 0. The van der Waals surface area contributed by atoms with Crippen molar-refractivity contribution in [2.45, 2.75) is 13.0 Å². The number of hydrogen-bond donors (Lipinski definition) is 2. The van der Waals surface area contributed by atoms with E-state index < -0.39 is 18.4 Å². The number of benzene rings is 2. The fourth-order valence-electron chi connectivity index (χ4n) is 1.94. The van der Waals surface area contributed by atoms with Gasteiger partial charge in [0.05, 0.1) is 0 Å². The first-order chi connectivity index (χ1) is 10.6. The Morgan fingerprint density at radius 1 is 1.09 bits per heavy atom. The first-order valence-electron chi connectivity index (χ1n) is 6.88. The number of aliphatic carboxylic acids is 1. The van der Waals surface area contributed by atoms with Crippen LogP contribution in [0.25, 0.3) is 0 Å². The summed E-state index contributed by atoms with van der Waals surface area (Å²) in [5.74, 6) is -0.860. The molecule has 5 heteroatoms. The summed E-state index contributed by atoms with van der Waals surface area (Å²) in [6.07, 6.45) is -0.104. The number of ether oxygens (including phenoxy) is 1. The highest BCUT2D eigenvalue weighted by molar-refractivity contribution is 5.95.